The molecule has 1 atom stereocenters. The Morgan fingerprint density at radius 3 is 2.59 bits per heavy atom. The van der Waals surface area contributed by atoms with Gasteiger partial charge in [-0.1, -0.05) is 13.8 Å². The summed E-state index contributed by atoms with van der Waals surface area (Å²) in [5.74, 6) is 0.309. The summed E-state index contributed by atoms with van der Waals surface area (Å²) < 4.78 is 27.7. The quantitative estimate of drug-likeness (QED) is 0.761. The number of aromatic nitrogens is 2. The van der Waals surface area contributed by atoms with Gasteiger partial charge in [0.15, 0.2) is 0 Å². The Kier molecular flexibility index (Phi) is 4.67. The molecule has 6 nitrogen and oxygen atoms in total. The molecule has 0 saturated carbocycles. The van der Waals surface area contributed by atoms with Crippen molar-refractivity contribution in [3.63, 3.8) is 0 Å². The molecule has 1 rings (SSSR count). The molecule has 1 aromatic heterocycles. The molecule has 98 valence electrons. The number of nitrogens with zero attached hydrogens (tertiary/aromatic N) is 2. The molecule has 0 radical (unpaired) electrons. The second-order valence-corrected chi connectivity index (χ2v) is 6.19. The minimum absolute atomic E-state index is 0.113. The largest absolute Gasteiger partial charge is 0.395 e. The summed E-state index contributed by atoms with van der Waals surface area (Å²) in [5, 5.41) is 13.0. The summed E-state index contributed by atoms with van der Waals surface area (Å²) in [6.07, 6.45) is 3.30. The summed E-state index contributed by atoms with van der Waals surface area (Å²) >= 11 is 0. The molecule has 0 amide bonds. The van der Waals surface area contributed by atoms with Crippen molar-refractivity contribution in [2.75, 3.05) is 6.61 Å². The maximum Gasteiger partial charge on any atom is 0.244 e. The highest BCUT2D eigenvalue weighted by molar-refractivity contribution is 7.89. The molecule has 0 saturated heterocycles. The maximum absolute atomic E-state index is 11.9. The highest BCUT2D eigenvalue weighted by atomic mass is 32.2. The fourth-order valence-electron chi connectivity index (χ4n) is 1.55. The lowest BCUT2D eigenvalue weighted by molar-refractivity contribution is 0.240. The summed E-state index contributed by atoms with van der Waals surface area (Å²) in [7, 11) is -1.94. The Hall–Kier alpha value is -0.920. The van der Waals surface area contributed by atoms with Crippen LogP contribution >= 0.6 is 0 Å². The fraction of sp³-hybridized carbons (Fsp3) is 0.700. The van der Waals surface area contributed by atoms with Crippen molar-refractivity contribution in [3.05, 3.63) is 12.4 Å². The molecule has 2 N–H and O–H groups in total. The molecular weight excluding hydrogens is 242 g/mol. The van der Waals surface area contributed by atoms with Crippen LogP contribution < -0.4 is 4.72 Å². The number of aryl methyl sites for hydroxylation is 1. The van der Waals surface area contributed by atoms with Gasteiger partial charge in [0.2, 0.25) is 10.0 Å². The molecule has 0 aliphatic carbocycles. The fourth-order valence-corrected chi connectivity index (χ4v) is 2.78. The van der Waals surface area contributed by atoms with Crippen LogP contribution in [0, 0.1) is 5.92 Å². The summed E-state index contributed by atoms with van der Waals surface area (Å²) in [6, 6.07) is -0.458. The van der Waals surface area contributed by atoms with Crippen molar-refractivity contribution < 1.29 is 13.5 Å². The van der Waals surface area contributed by atoms with E-state index in [4.69, 9.17) is 5.11 Å². The lowest BCUT2D eigenvalue weighted by Gasteiger charge is -2.17. The molecule has 0 bridgehead atoms. The minimum atomic E-state index is -3.59. The van der Waals surface area contributed by atoms with E-state index in [-0.39, 0.29) is 11.5 Å². The van der Waals surface area contributed by atoms with Crippen LogP contribution in [0.15, 0.2) is 17.3 Å². The summed E-state index contributed by atoms with van der Waals surface area (Å²) in [5.41, 5.74) is 0. The molecule has 0 aliphatic heterocycles. The highest BCUT2D eigenvalue weighted by Gasteiger charge is 2.21. The Morgan fingerprint density at radius 2 is 2.18 bits per heavy atom. The van der Waals surface area contributed by atoms with Gasteiger partial charge in [-0.15, -0.1) is 0 Å². The van der Waals surface area contributed by atoms with Gasteiger partial charge in [-0.2, -0.15) is 5.10 Å². The van der Waals surface area contributed by atoms with Crippen LogP contribution in [0.4, 0.5) is 0 Å². The zero-order valence-electron chi connectivity index (χ0n) is 10.3. The van der Waals surface area contributed by atoms with Crippen LogP contribution in [0.5, 0.6) is 0 Å². The van der Waals surface area contributed by atoms with E-state index in [1.54, 1.807) is 7.05 Å². The van der Waals surface area contributed by atoms with Crippen LogP contribution in [0.3, 0.4) is 0 Å². The average molecular weight is 261 g/mol. The van der Waals surface area contributed by atoms with Crippen LogP contribution in [0.25, 0.3) is 0 Å². The standard InChI is InChI=1S/C10H19N3O3S/c1-8(2)4-9(7-14)12-17(15,16)10-5-11-13(3)6-10/h5-6,8-9,12,14H,4,7H2,1-3H3. The van der Waals surface area contributed by atoms with Crippen molar-refractivity contribution in [2.24, 2.45) is 13.0 Å². The smallest absolute Gasteiger partial charge is 0.244 e. The van der Waals surface area contributed by atoms with Crippen molar-refractivity contribution in [1.29, 1.82) is 0 Å². The molecule has 1 heterocycles. The van der Waals surface area contributed by atoms with E-state index in [0.717, 1.165) is 0 Å². The average Bonchev–Trinajstić information content (AvgIpc) is 2.63. The van der Waals surface area contributed by atoms with Crippen molar-refractivity contribution in [3.8, 4) is 0 Å². The number of aliphatic hydroxyl groups is 1. The van der Waals surface area contributed by atoms with E-state index < -0.39 is 16.1 Å². The van der Waals surface area contributed by atoms with E-state index >= 15 is 0 Å². The normalized spacial score (nSPS) is 14.2. The lowest BCUT2D eigenvalue weighted by atomic mass is 10.1. The van der Waals surface area contributed by atoms with Gasteiger partial charge in [0.05, 0.1) is 12.8 Å². The van der Waals surface area contributed by atoms with Gasteiger partial charge in [0.1, 0.15) is 4.90 Å². The van der Waals surface area contributed by atoms with Crippen molar-refractivity contribution in [1.82, 2.24) is 14.5 Å². The molecule has 0 aromatic carbocycles. The molecule has 17 heavy (non-hydrogen) atoms. The molecule has 1 unspecified atom stereocenters. The summed E-state index contributed by atoms with van der Waals surface area (Å²) in [6.45, 7) is 3.74. The predicted octanol–water partition coefficient (Wildman–Crippen LogP) is 0.105. The monoisotopic (exact) mass is 261 g/mol. The molecular formula is C10H19N3O3S. The van der Waals surface area contributed by atoms with E-state index in [1.807, 2.05) is 13.8 Å². The molecule has 0 aliphatic rings. The Morgan fingerprint density at radius 1 is 1.53 bits per heavy atom. The first-order valence-electron chi connectivity index (χ1n) is 5.47. The molecule has 1 aromatic rings. The number of hydrogen-bond acceptors (Lipinski definition) is 4. The third-order valence-electron chi connectivity index (χ3n) is 2.29. The van der Waals surface area contributed by atoms with Gasteiger partial charge in [-0.05, 0) is 12.3 Å². The van der Waals surface area contributed by atoms with Crippen LogP contribution in [-0.2, 0) is 17.1 Å². The van der Waals surface area contributed by atoms with Gasteiger partial charge in [-0.25, -0.2) is 13.1 Å². The van der Waals surface area contributed by atoms with Crippen LogP contribution in [0.2, 0.25) is 0 Å². The highest BCUT2D eigenvalue weighted by Crippen LogP contribution is 2.10. The van der Waals surface area contributed by atoms with E-state index in [9.17, 15) is 8.42 Å². The SMILES string of the molecule is CC(C)CC(CO)NS(=O)(=O)c1cnn(C)c1. The number of aliphatic hydroxyl groups excluding tert-OH is 1. The Bertz CT molecular complexity index is 453. The third-order valence-corrected chi connectivity index (χ3v) is 3.76. The number of hydrogen-bond donors (Lipinski definition) is 2. The number of nitrogens with one attached hydrogen (secondary N) is 1. The topological polar surface area (TPSA) is 84.2 Å². The first-order valence-corrected chi connectivity index (χ1v) is 6.95. The van der Waals surface area contributed by atoms with Gasteiger partial charge in [-0.3, -0.25) is 4.68 Å². The Labute approximate surface area is 102 Å². The predicted molar refractivity (Wildman–Crippen MR) is 63.9 cm³/mol. The first kappa shape index (κ1) is 14.1. The van der Waals surface area contributed by atoms with Crippen molar-refractivity contribution >= 4 is 10.0 Å². The minimum Gasteiger partial charge on any atom is -0.395 e. The molecule has 0 fully saturated rings. The van der Waals surface area contributed by atoms with Crippen LogP contribution in [-0.4, -0.2) is 36.0 Å². The van der Waals surface area contributed by atoms with Gasteiger partial charge < -0.3 is 5.11 Å². The van der Waals surface area contributed by atoms with E-state index in [2.05, 4.69) is 9.82 Å². The van der Waals surface area contributed by atoms with Gasteiger partial charge in [0.25, 0.3) is 0 Å². The first-order chi connectivity index (χ1) is 7.85. The van der Waals surface area contributed by atoms with Crippen LogP contribution in [0.1, 0.15) is 20.3 Å². The zero-order valence-corrected chi connectivity index (χ0v) is 11.1. The maximum atomic E-state index is 11.9. The lowest BCUT2D eigenvalue weighted by Crippen LogP contribution is -2.38. The van der Waals surface area contributed by atoms with E-state index in [1.165, 1.54) is 17.1 Å². The number of sulfonamides is 1. The van der Waals surface area contributed by atoms with Gasteiger partial charge >= 0.3 is 0 Å². The number of rotatable bonds is 6. The molecule has 0 spiro atoms. The molecule has 7 heteroatoms. The van der Waals surface area contributed by atoms with Gasteiger partial charge in [0, 0.05) is 19.3 Å². The summed E-state index contributed by atoms with van der Waals surface area (Å²) in [4.78, 5) is 0.113. The zero-order chi connectivity index (χ0) is 13.1. The third kappa shape index (κ3) is 4.10. The second kappa shape index (κ2) is 5.61. The Balaban J connectivity index is 2.78. The van der Waals surface area contributed by atoms with Crippen molar-refractivity contribution in [2.45, 2.75) is 31.2 Å². The van der Waals surface area contributed by atoms with E-state index in [0.29, 0.717) is 12.3 Å². The second-order valence-electron chi connectivity index (χ2n) is 4.48.